The van der Waals surface area contributed by atoms with Crippen LogP contribution in [0.25, 0.3) is 39.3 Å². The first-order valence-electron chi connectivity index (χ1n) is 7.80. The Morgan fingerprint density at radius 1 is 1.27 bits per heavy atom. The second kappa shape index (κ2) is 5.96. The van der Waals surface area contributed by atoms with Crippen molar-refractivity contribution in [2.75, 3.05) is 5.73 Å². The first-order chi connectivity index (χ1) is 12.4. The van der Waals surface area contributed by atoms with Crippen molar-refractivity contribution in [3.8, 4) is 22.6 Å². The van der Waals surface area contributed by atoms with Crippen LogP contribution in [0.4, 0.5) is 5.82 Å². The van der Waals surface area contributed by atoms with Crippen LogP contribution in [0.1, 0.15) is 12.6 Å². The number of nitrogen functional groups attached to an aromatic ring is 1. The fourth-order valence-corrected chi connectivity index (χ4v) is 3.00. The summed E-state index contributed by atoms with van der Waals surface area (Å²) in [5.74, 6) is 0.300. The molecule has 0 radical (unpaired) electrons. The van der Waals surface area contributed by atoms with Gasteiger partial charge < -0.3 is 10.2 Å². The van der Waals surface area contributed by atoms with Crippen LogP contribution < -0.4 is 5.73 Å². The van der Waals surface area contributed by atoms with Gasteiger partial charge in [0.05, 0.1) is 10.7 Å². The quantitative estimate of drug-likeness (QED) is 0.589. The number of hydrogen-bond acceptors (Lipinski definition) is 6. The Bertz CT molecular complexity index is 1160. The summed E-state index contributed by atoms with van der Waals surface area (Å²) in [7, 11) is 1.83. The summed E-state index contributed by atoms with van der Waals surface area (Å²) in [5.41, 5.74) is 11.0. The van der Waals surface area contributed by atoms with Gasteiger partial charge in [0.2, 0.25) is 0 Å². The maximum absolute atomic E-state index is 6.36. The molecule has 3 heterocycles. The smallest absolute Gasteiger partial charge is 0.182 e. The number of aromatic nitrogens is 5. The van der Waals surface area contributed by atoms with Gasteiger partial charge >= 0.3 is 0 Å². The van der Waals surface area contributed by atoms with E-state index in [1.54, 1.807) is 10.7 Å². The van der Waals surface area contributed by atoms with E-state index in [1.165, 1.54) is 6.39 Å². The summed E-state index contributed by atoms with van der Waals surface area (Å²) in [5, 5.41) is 4.89. The third kappa shape index (κ3) is 2.62. The lowest BCUT2D eigenvalue weighted by Gasteiger charge is -2.12. The fraction of sp³-hybridized carbons (Fsp3) is 0.111. The molecule has 0 saturated heterocycles. The van der Waals surface area contributed by atoms with Crippen molar-refractivity contribution in [1.29, 1.82) is 0 Å². The van der Waals surface area contributed by atoms with Crippen molar-refractivity contribution < 1.29 is 4.42 Å². The lowest BCUT2D eigenvalue weighted by Crippen LogP contribution is -2.04. The lowest BCUT2D eigenvalue weighted by atomic mass is 10.1. The molecule has 4 rings (SSSR count). The molecule has 0 unspecified atom stereocenters. The van der Waals surface area contributed by atoms with E-state index >= 15 is 0 Å². The summed E-state index contributed by atoms with van der Waals surface area (Å²) in [4.78, 5) is 13.4. The van der Waals surface area contributed by atoms with Crippen molar-refractivity contribution in [1.82, 2.24) is 24.7 Å². The highest BCUT2D eigenvalue weighted by Crippen LogP contribution is 2.35. The van der Waals surface area contributed by atoms with E-state index in [1.807, 2.05) is 32.3 Å². The molecule has 2 N–H and O–H groups in total. The van der Waals surface area contributed by atoms with E-state index in [0.29, 0.717) is 44.7 Å². The minimum Gasteiger partial charge on any atom is -0.443 e. The van der Waals surface area contributed by atoms with Crippen LogP contribution in [-0.4, -0.2) is 24.7 Å². The number of benzene rings is 1. The number of allylic oxidation sites excluding steroid dienone is 1. The van der Waals surface area contributed by atoms with Gasteiger partial charge in [0.1, 0.15) is 22.6 Å². The molecule has 26 heavy (non-hydrogen) atoms. The zero-order chi connectivity index (χ0) is 18.4. The van der Waals surface area contributed by atoms with Crippen molar-refractivity contribution in [3.05, 3.63) is 48.1 Å². The molecule has 3 aromatic heterocycles. The van der Waals surface area contributed by atoms with E-state index in [4.69, 9.17) is 26.7 Å². The molecule has 4 aromatic rings. The number of hydrogen-bond donors (Lipinski definition) is 1. The average Bonchev–Trinajstić information content (AvgIpc) is 3.23. The fourth-order valence-electron chi connectivity index (χ4n) is 2.75. The number of fused-ring (bicyclic) bond motifs is 1. The lowest BCUT2D eigenvalue weighted by molar-refractivity contribution is 0.602. The summed E-state index contributed by atoms with van der Waals surface area (Å²) in [6, 6.07) is 5.45. The van der Waals surface area contributed by atoms with Crippen LogP contribution in [0, 0.1) is 0 Å². The third-order valence-corrected chi connectivity index (χ3v) is 4.23. The maximum atomic E-state index is 6.36. The van der Waals surface area contributed by atoms with Gasteiger partial charge in [-0.1, -0.05) is 18.2 Å². The van der Waals surface area contributed by atoms with Gasteiger partial charge in [0.25, 0.3) is 0 Å². The maximum Gasteiger partial charge on any atom is 0.182 e. The highest BCUT2D eigenvalue weighted by Gasteiger charge is 2.19. The topological polar surface area (TPSA) is 95.6 Å². The predicted octanol–water partition coefficient (Wildman–Crippen LogP) is 3.95. The van der Waals surface area contributed by atoms with Gasteiger partial charge in [-0.2, -0.15) is 5.10 Å². The Kier molecular flexibility index (Phi) is 3.73. The first kappa shape index (κ1) is 16.3. The molecule has 0 spiro atoms. The van der Waals surface area contributed by atoms with Gasteiger partial charge in [-0.25, -0.2) is 15.0 Å². The third-order valence-electron chi connectivity index (χ3n) is 3.95. The van der Waals surface area contributed by atoms with Crippen LogP contribution >= 0.6 is 11.6 Å². The first-order valence-corrected chi connectivity index (χ1v) is 8.18. The van der Waals surface area contributed by atoms with Gasteiger partial charge in [-0.05, 0) is 30.7 Å². The highest BCUT2D eigenvalue weighted by atomic mass is 35.5. The second-order valence-corrected chi connectivity index (χ2v) is 6.37. The normalized spacial score (nSPS) is 11.2. The SMILES string of the molecule is C=C(C)c1nc(-c2cc(Cl)c3ncoc3c2)c(-c2ccn(C)n2)nc1N. The monoisotopic (exact) mass is 366 g/mol. The Balaban J connectivity index is 2.03. The van der Waals surface area contributed by atoms with Gasteiger partial charge in [0.15, 0.2) is 17.8 Å². The van der Waals surface area contributed by atoms with Crippen molar-refractivity contribution in [3.63, 3.8) is 0 Å². The Hall–Kier alpha value is -3.19. The van der Waals surface area contributed by atoms with E-state index in [-0.39, 0.29) is 0 Å². The molecular weight excluding hydrogens is 352 g/mol. The minimum atomic E-state index is 0.300. The molecule has 8 heteroatoms. The van der Waals surface area contributed by atoms with E-state index in [0.717, 1.165) is 11.1 Å². The van der Waals surface area contributed by atoms with Crippen LogP contribution in [0.3, 0.4) is 0 Å². The predicted molar refractivity (Wildman–Crippen MR) is 101 cm³/mol. The molecule has 0 bridgehead atoms. The number of anilines is 1. The summed E-state index contributed by atoms with van der Waals surface area (Å²) >= 11 is 6.36. The van der Waals surface area contributed by atoms with Crippen molar-refractivity contribution >= 4 is 34.1 Å². The molecule has 1 aromatic carbocycles. The van der Waals surface area contributed by atoms with Crippen molar-refractivity contribution in [2.45, 2.75) is 6.92 Å². The number of nitrogens with zero attached hydrogens (tertiary/aromatic N) is 5. The van der Waals surface area contributed by atoms with Gasteiger partial charge in [-0.3, -0.25) is 4.68 Å². The molecular formula is C18H15ClN6O. The van der Waals surface area contributed by atoms with Gasteiger partial charge in [0, 0.05) is 18.8 Å². The highest BCUT2D eigenvalue weighted by molar-refractivity contribution is 6.35. The minimum absolute atomic E-state index is 0.300. The van der Waals surface area contributed by atoms with Crippen molar-refractivity contribution in [2.24, 2.45) is 7.05 Å². The molecule has 0 aliphatic heterocycles. The molecule has 130 valence electrons. The number of aryl methyl sites for hydroxylation is 1. The number of nitrogens with two attached hydrogens (primary N) is 1. The molecule has 0 aliphatic rings. The van der Waals surface area contributed by atoms with Crippen LogP contribution in [-0.2, 0) is 7.05 Å². The van der Waals surface area contributed by atoms with E-state index < -0.39 is 0 Å². The Morgan fingerprint density at radius 2 is 2.08 bits per heavy atom. The van der Waals surface area contributed by atoms with Crippen LogP contribution in [0.2, 0.25) is 5.02 Å². The Labute approximate surface area is 154 Å². The summed E-state index contributed by atoms with van der Waals surface area (Å²) in [6.45, 7) is 5.76. The van der Waals surface area contributed by atoms with E-state index in [2.05, 4.69) is 21.6 Å². The molecule has 0 saturated carbocycles. The average molecular weight is 367 g/mol. The summed E-state index contributed by atoms with van der Waals surface area (Å²) < 4.78 is 7.10. The number of oxazole rings is 1. The molecule has 0 amide bonds. The van der Waals surface area contributed by atoms with E-state index in [9.17, 15) is 0 Å². The largest absolute Gasteiger partial charge is 0.443 e. The van der Waals surface area contributed by atoms with Crippen LogP contribution in [0.15, 0.2) is 41.8 Å². The second-order valence-electron chi connectivity index (χ2n) is 5.97. The van der Waals surface area contributed by atoms with Crippen LogP contribution in [0.5, 0.6) is 0 Å². The number of halogens is 1. The zero-order valence-electron chi connectivity index (χ0n) is 14.2. The zero-order valence-corrected chi connectivity index (χ0v) is 14.9. The standard InChI is InChI=1S/C18H15ClN6O/c1-9(2)14-18(20)23-17(12-4-5-25(3)24-12)15(22-14)10-6-11(19)16-13(7-10)26-8-21-16/h4-8H,1H2,2-3H3,(H2,20,23). The molecule has 0 aliphatic carbocycles. The number of rotatable bonds is 3. The van der Waals surface area contributed by atoms with Gasteiger partial charge in [-0.15, -0.1) is 0 Å². The molecule has 0 fully saturated rings. The molecule has 0 atom stereocenters. The Morgan fingerprint density at radius 3 is 2.77 bits per heavy atom. The molecule has 7 nitrogen and oxygen atoms in total. The summed E-state index contributed by atoms with van der Waals surface area (Å²) in [6.07, 6.45) is 3.18.